The third kappa shape index (κ3) is 4.35. The summed E-state index contributed by atoms with van der Waals surface area (Å²) < 4.78 is 10.4. The van der Waals surface area contributed by atoms with Crippen LogP contribution in [0.3, 0.4) is 0 Å². The Balaban J connectivity index is 1.26. The van der Waals surface area contributed by atoms with Crippen molar-refractivity contribution in [2.75, 3.05) is 25.0 Å². The van der Waals surface area contributed by atoms with Gasteiger partial charge in [-0.3, -0.25) is 14.4 Å². The third-order valence-electron chi connectivity index (χ3n) is 5.26. The average molecular weight is 406 g/mol. The van der Waals surface area contributed by atoms with Gasteiger partial charge in [0, 0.05) is 24.2 Å². The molecule has 7 nitrogen and oxygen atoms in total. The number of esters is 1. The molecule has 0 radical (unpaired) electrons. The first-order valence-corrected chi connectivity index (χ1v) is 9.89. The Kier molecular flexibility index (Phi) is 5.79. The van der Waals surface area contributed by atoms with Crippen LogP contribution in [0.4, 0.5) is 5.69 Å². The molecule has 30 heavy (non-hydrogen) atoms. The summed E-state index contributed by atoms with van der Waals surface area (Å²) in [5.74, 6) is -1.00. The van der Waals surface area contributed by atoms with Gasteiger partial charge in [-0.15, -0.1) is 0 Å². The zero-order valence-electron chi connectivity index (χ0n) is 16.4. The largest absolute Gasteiger partial charge is 0.459 e. The lowest BCUT2D eigenvalue weighted by Crippen LogP contribution is -2.40. The summed E-state index contributed by atoms with van der Waals surface area (Å²) in [6, 6.07) is 16.7. The average Bonchev–Trinajstić information content (AvgIpc) is 3.32. The van der Waals surface area contributed by atoms with Crippen molar-refractivity contribution in [1.82, 2.24) is 4.90 Å². The monoisotopic (exact) mass is 406 g/mol. The van der Waals surface area contributed by atoms with E-state index >= 15 is 0 Å². The number of hydrogen-bond donors (Lipinski definition) is 1. The van der Waals surface area contributed by atoms with E-state index < -0.39 is 5.97 Å². The number of nitrogens with one attached hydrogen (secondary N) is 1. The zero-order valence-corrected chi connectivity index (χ0v) is 16.4. The molecule has 7 heteroatoms. The van der Waals surface area contributed by atoms with Crippen LogP contribution in [0.2, 0.25) is 0 Å². The number of hydrogen-bond acceptors (Lipinski definition) is 5. The van der Waals surface area contributed by atoms with Gasteiger partial charge in [-0.25, -0.2) is 0 Å². The summed E-state index contributed by atoms with van der Waals surface area (Å²) in [6.45, 7) is 0.552. The van der Waals surface area contributed by atoms with Crippen molar-refractivity contribution in [2.24, 2.45) is 5.92 Å². The molecule has 1 saturated heterocycles. The molecule has 1 aliphatic rings. The standard InChI is InChI=1S/C23H22N2O5/c26-21(24-19-8-3-6-16-5-1-2-7-18(16)19)15-30-23(28)17-10-12-25(13-11-17)22(27)20-9-4-14-29-20/h1-9,14,17H,10-13,15H2,(H,24,26). The van der Waals surface area contributed by atoms with Gasteiger partial charge in [-0.05, 0) is 36.4 Å². The zero-order chi connectivity index (χ0) is 20.9. The number of ether oxygens (including phenoxy) is 1. The molecule has 2 heterocycles. The van der Waals surface area contributed by atoms with E-state index in [1.807, 2.05) is 42.5 Å². The van der Waals surface area contributed by atoms with E-state index in [1.54, 1.807) is 17.0 Å². The molecule has 154 valence electrons. The molecule has 1 fully saturated rings. The molecule has 0 spiro atoms. The Morgan fingerprint density at radius 2 is 1.77 bits per heavy atom. The van der Waals surface area contributed by atoms with E-state index in [4.69, 9.17) is 9.15 Å². The Hall–Kier alpha value is -3.61. The van der Waals surface area contributed by atoms with Crippen molar-refractivity contribution in [1.29, 1.82) is 0 Å². The minimum atomic E-state index is -0.409. The highest BCUT2D eigenvalue weighted by Crippen LogP contribution is 2.23. The van der Waals surface area contributed by atoms with Crippen LogP contribution in [0.1, 0.15) is 23.4 Å². The molecular weight excluding hydrogens is 384 g/mol. The number of anilines is 1. The van der Waals surface area contributed by atoms with Gasteiger partial charge in [0.25, 0.3) is 11.8 Å². The highest BCUT2D eigenvalue weighted by molar-refractivity contribution is 6.02. The van der Waals surface area contributed by atoms with Crippen LogP contribution in [-0.4, -0.2) is 42.4 Å². The van der Waals surface area contributed by atoms with E-state index in [9.17, 15) is 14.4 Å². The van der Waals surface area contributed by atoms with Crippen LogP contribution < -0.4 is 5.32 Å². The normalized spacial score (nSPS) is 14.5. The molecule has 0 atom stereocenters. The molecule has 1 N–H and O–H groups in total. The third-order valence-corrected chi connectivity index (χ3v) is 5.26. The van der Waals surface area contributed by atoms with Crippen LogP contribution in [0.15, 0.2) is 65.3 Å². The van der Waals surface area contributed by atoms with Crippen molar-refractivity contribution in [3.05, 3.63) is 66.6 Å². The van der Waals surface area contributed by atoms with Crippen LogP contribution in [-0.2, 0) is 14.3 Å². The van der Waals surface area contributed by atoms with E-state index in [0.717, 1.165) is 10.8 Å². The van der Waals surface area contributed by atoms with E-state index in [1.165, 1.54) is 6.26 Å². The molecule has 3 aromatic rings. The molecule has 0 saturated carbocycles. The molecule has 2 amide bonds. The number of furan rings is 1. The van der Waals surface area contributed by atoms with E-state index in [-0.39, 0.29) is 24.3 Å². The van der Waals surface area contributed by atoms with Crippen molar-refractivity contribution < 1.29 is 23.5 Å². The first-order chi connectivity index (χ1) is 14.6. The van der Waals surface area contributed by atoms with Crippen LogP contribution >= 0.6 is 0 Å². The molecule has 0 aliphatic carbocycles. The molecule has 2 aromatic carbocycles. The van der Waals surface area contributed by atoms with E-state index in [2.05, 4.69) is 5.32 Å². The highest BCUT2D eigenvalue weighted by atomic mass is 16.5. The van der Waals surface area contributed by atoms with Crippen molar-refractivity contribution in [2.45, 2.75) is 12.8 Å². The number of benzene rings is 2. The lowest BCUT2D eigenvalue weighted by atomic mass is 9.97. The van der Waals surface area contributed by atoms with Crippen LogP contribution in [0, 0.1) is 5.92 Å². The van der Waals surface area contributed by atoms with Crippen LogP contribution in [0.25, 0.3) is 10.8 Å². The Labute approximate surface area is 173 Å². The number of rotatable bonds is 5. The number of carbonyl (C=O) groups excluding carboxylic acids is 3. The summed E-state index contributed by atoms with van der Waals surface area (Å²) in [7, 11) is 0. The second kappa shape index (κ2) is 8.82. The molecule has 1 aliphatic heterocycles. The van der Waals surface area contributed by atoms with Crippen molar-refractivity contribution >= 4 is 34.2 Å². The summed E-state index contributed by atoms with van der Waals surface area (Å²) in [5.41, 5.74) is 0.680. The molecule has 0 bridgehead atoms. The minimum Gasteiger partial charge on any atom is -0.459 e. The number of carbonyl (C=O) groups is 3. The van der Waals surface area contributed by atoms with Gasteiger partial charge in [0.05, 0.1) is 12.2 Å². The van der Waals surface area contributed by atoms with Gasteiger partial charge in [0.1, 0.15) is 0 Å². The second-order valence-corrected chi connectivity index (χ2v) is 7.23. The van der Waals surface area contributed by atoms with Gasteiger partial charge in [-0.2, -0.15) is 0 Å². The quantitative estimate of drug-likeness (QED) is 0.656. The van der Waals surface area contributed by atoms with Gasteiger partial charge in [-0.1, -0.05) is 36.4 Å². The Morgan fingerprint density at radius 1 is 1.00 bits per heavy atom. The summed E-state index contributed by atoms with van der Waals surface area (Å²) >= 11 is 0. The predicted octanol–water partition coefficient (Wildman–Crippen LogP) is 3.47. The summed E-state index contributed by atoms with van der Waals surface area (Å²) in [6.07, 6.45) is 2.45. The SMILES string of the molecule is O=C(COC(=O)C1CCN(C(=O)c2ccco2)CC1)Nc1cccc2ccccc12. The first kappa shape index (κ1) is 19.7. The minimum absolute atomic E-state index is 0.179. The number of piperidine rings is 1. The molecule has 4 rings (SSSR count). The lowest BCUT2D eigenvalue weighted by molar-refractivity contribution is -0.152. The lowest BCUT2D eigenvalue weighted by Gasteiger charge is -2.30. The predicted molar refractivity (Wildman–Crippen MR) is 111 cm³/mol. The maximum absolute atomic E-state index is 12.3. The fourth-order valence-corrected chi connectivity index (χ4v) is 3.65. The van der Waals surface area contributed by atoms with Gasteiger partial charge in [0.15, 0.2) is 12.4 Å². The molecular formula is C23H22N2O5. The molecule has 0 unspecified atom stereocenters. The van der Waals surface area contributed by atoms with Crippen molar-refractivity contribution in [3.63, 3.8) is 0 Å². The van der Waals surface area contributed by atoms with Gasteiger partial charge < -0.3 is 19.4 Å². The fraction of sp³-hybridized carbons (Fsp3) is 0.261. The maximum atomic E-state index is 12.3. The number of amides is 2. The maximum Gasteiger partial charge on any atom is 0.309 e. The first-order valence-electron chi connectivity index (χ1n) is 9.89. The fourth-order valence-electron chi connectivity index (χ4n) is 3.65. The number of likely N-dealkylation sites (tertiary alicyclic amines) is 1. The highest BCUT2D eigenvalue weighted by Gasteiger charge is 2.30. The Bertz CT molecular complexity index is 1050. The van der Waals surface area contributed by atoms with Gasteiger partial charge in [0.2, 0.25) is 0 Å². The van der Waals surface area contributed by atoms with Gasteiger partial charge >= 0.3 is 5.97 Å². The number of nitrogens with zero attached hydrogens (tertiary/aromatic N) is 1. The van der Waals surface area contributed by atoms with Crippen molar-refractivity contribution in [3.8, 4) is 0 Å². The summed E-state index contributed by atoms with van der Waals surface area (Å²) in [4.78, 5) is 38.6. The topological polar surface area (TPSA) is 88.9 Å². The smallest absolute Gasteiger partial charge is 0.309 e. The van der Waals surface area contributed by atoms with E-state index in [0.29, 0.717) is 37.4 Å². The number of fused-ring (bicyclic) bond motifs is 1. The Morgan fingerprint density at radius 3 is 2.53 bits per heavy atom. The van der Waals surface area contributed by atoms with Crippen LogP contribution in [0.5, 0.6) is 0 Å². The molecule has 1 aromatic heterocycles. The second-order valence-electron chi connectivity index (χ2n) is 7.23. The summed E-state index contributed by atoms with van der Waals surface area (Å²) in [5, 5.41) is 4.74.